The van der Waals surface area contributed by atoms with Crippen LogP contribution in [-0.2, 0) is 6.42 Å². The Hall–Kier alpha value is -1.06. The molecule has 0 radical (unpaired) electrons. The fourth-order valence-electron chi connectivity index (χ4n) is 1.02. The highest BCUT2D eigenvalue weighted by molar-refractivity contribution is 5.18. The Morgan fingerprint density at radius 3 is 3.00 bits per heavy atom. The van der Waals surface area contributed by atoms with E-state index < -0.39 is 0 Å². The average molecular weight is 167 g/mol. The standard InChI is InChI=1S/C8H13N3O/c1-2-7-10-8(12-11-7)9-5-6-3-4-6/h6H,2-5H2,1H3,(H,9,10,11). The molecule has 1 aromatic rings. The van der Waals surface area contributed by atoms with E-state index in [9.17, 15) is 0 Å². The number of rotatable bonds is 4. The second-order valence-electron chi connectivity index (χ2n) is 3.19. The zero-order valence-electron chi connectivity index (χ0n) is 7.21. The maximum Gasteiger partial charge on any atom is 0.321 e. The molecule has 1 heterocycles. The van der Waals surface area contributed by atoms with E-state index in [4.69, 9.17) is 4.52 Å². The van der Waals surface area contributed by atoms with Crippen molar-refractivity contribution >= 4 is 6.01 Å². The number of aryl methyl sites for hydroxylation is 1. The van der Waals surface area contributed by atoms with Crippen molar-refractivity contribution in [3.8, 4) is 0 Å². The van der Waals surface area contributed by atoms with Crippen LogP contribution in [0.15, 0.2) is 4.52 Å². The summed E-state index contributed by atoms with van der Waals surface area (Å²) in [7, 11) is 0. The Morgan fingerprint density at radius 2 is 2.42 bits per heavy atom. The Labute approximate surface area is 71.4 Å². The monoisotopic (exact) mass is 167 g/mol. The van der Waals surface area contributed by atoms with Crippen LogP contribution in [0.3, 0.4) is 0 Å². The maximum absolute atomic E-state index is 4.96. The highest BCUT2D eigenvalue weighted by Crippen LogP contribution is 2.28. The lowest BCUT2D eigenvalue weighted by atomic mass is 10.4. The largest absolute Gasteiger partial charge is 0.337 e. The molecule has 0 amide bonds. The van der Waals surface area contributed by atoms with Crippen molar-refractivity contribution < 1.29 is 4.52 Å². The molecule has 0 aromatic carbocycles. The summed E-state index contributed by atoms with van der Waals surface area (Å²) < 4.78 is 4.96. The molecule has 0 atom stereocenters. The van der Waals surface area contributed by atoms with Gasteiger partial charge in [-0.15, -0.1) is 0 Å². The minimum atomic E-state index is 0.568. The van der Waals surface area contributed by atoms with Crippen LogP contribution in [-0.4, -0.2) is 16.7 Å². The molecule has 1 aromatic heterocycles. The third-order valence-electron chi connectivity index (χ3n) is 2.02. The maximum atomic E-state index is 4.96. The van der Waals surface area contributed by atoms with Crippen molar-refractivity contribution in [1.29, 1.82) is 0 Å². The van der Waals surface area contributed by atoms with Gasteiger partial charge in [0.25, 0.3) is 0 Å². The van der Waals surface area contributed by atoms with Crippen molar-refractivity contribution in [2.45, 2.75) is 26.2 Å². The summed E-state index contributed by atoms with van der Waals surface area (Å²) in [4.78, 5) is 4.14. The summed E-state index contributed by atoms with van der Waals surface area (Å²) in [6, 6.07) is 0.568. The average Bonchev–Trinajstić information content (AvgIpc) is 2.81. The summed E-state index contributed by atoms with van der Waals surface area (Å²) in [6.45, 7) is 2.99. The Morgan fingerprint density at radius 1 is 1.58 bits per heavy atom. The fourth-order valence-corrected chi connectivity index (χ4v) is 1.02. The first-order valence-electron chi connectivity index (χ1n) is 4.45. The quantitative estimate of drug-likeness (QED) is 0.737. The molecule has 2 rings (SSSR count). The molecular formula is C8H13N3O. The fraction of sp³-hybridized carbons (Fsp3) is 0.750. The Balaban J connectivity index is 1.84. The van der Waals surface area contributed by atoms with E-state index in [-0.39, 0.29) is 0 Å². The summed E-state index contributed by atoms with van der Waals surface area (Å²) in [5.74, 6) is 1.61. The van der Waals surface area contributed by atoms with Gasteiger partial charge in [0.1, 0.15) is 0 Å². The van der Waals surface area contributed by atoms with Crippen molar-refractivity contribution in [1.82, 2.24) is 10.1 Å². The van der Waals surface area contributed by atoms with Gasteiger partial charge in [-0.3, -0.25) is 0 Å². The van der Waals surface area contributed by atoms with Gasteiger partial charge >= 0.3 is 6.01 Å². The van der Waals surface area contributed by atoms with E-state index in [1.807, 2.05) is 6.92 Å². The number of aromatic nitrogens is 2. The molecule has 66 valence electrons. The third-order valence-corrected chi connectivity index (χ3v) is 2.02. The van der Waals surface area contributed by atoms with Gasteiger partial charge in [-0.25, -0.2) is 0 Å². The number of nitrogens with one attached hydrogen (secondary N) is 1. The van der Waals surface area contributed by atoms with Crippen molar-refractivity contribution in [2.24, 2.45) is 5.92 Å². The molecule has 1 aliphatic rings. The molecule has 4 heteroatoms. The van der Waals surface area contributed by atoms with Crippen LogP contribution < -0.4 is 5.32 Å². The zero-order chi connectivity index (χ0) is 8.39. The minimum absolute atomic E-state index is 0.568. The lowest BCUT2D eigenvalue weighted by molar-refractivity contribution is 0.422. The minimum Gasteiger partial charge on any atom is -0.337 e. The highest BCUT2D eigenvalue weighted by atomic mass is 16.5. The number of hydrogen-bond acceptors (Lipinski definition) is 4. The summed E-state index contributed by atoms with van der Waals surface area (Å²) in [5.41, 5.74) is 0. The first kappa shape index (κ1) is 7.58. The SMILES string of the molecule is CCc1noc(NCC2CC2)n1. The normalized spacial score (nSPS) is 16.4. The summed E-state index contributed by atoms with van der Waals surface area (Å²) >= 11 is 0. The number of nitrogens with zero attached hydrogens (tertiary/aromatic N) is 2. The van der Waals surface area contributed by atoms with Gasteiger partial charge in [0, 0.05) is 13.0 Å². The molecule has 12 heavy (non-hydrogen) atoms. The van der Waals surface area contributed by atoms with Crippen molar-refractivity contribution in [3.05, 3.63) is 5.82 Å². The van der Waals surface area contributed by atoms with Crippen LogP contribution in [0.4, 0.5) is 6.01 Å². The van der Waals surface area contributed by atoms with Gasteiger partial charge in [-0.1, -0.05) is 12.1 Å². The van der Waals surface area contributed by atoms with E-state index in [1.54, 1.807) is 0 Å². The first-order valence-corrected chi connectivity index (χ1v) is 4.45. The predicted octanol–water partition coefficient (Wildman–Crippen LogP) is 1.45. The molecule has 0 aliphatic heterocycles. The molecule has 1 saturated carbocycles. The van der Waals surface area contributed by atoms with E-state index in [0.29, 0.717) is 6.01 Å². The third kappa shape index (κ3) is 1.75. The second-order valence-corrected chi connectivity index (χ2v) is 3.19. The van der Waals surface area contributed by atoms with Gasteiger partial charge in [0.05, 0.1) is 0 Å². The van der Waals surface area contributed by atoms with Gasteiger partial charge in [-0.2, -0.15) is 4.98 Å². The highest BCUT2D eigenvalue weighted by Gasteiger charge is 2.21. The molecular weight excluding hydrogens is 154 g/mol. The zero-order valence-corrected chi connectivity index (χ0v) is 7.21. The predicted molar refractivity (Wildman–Crippen MR) is 44.9 cm³/mol. The Bertz CT molecular complexity index is 255. The topological polar surface area (TPSA) is 51.0 Å². The van der Waals surface area contributed by atoms with Gasteiger partial charge in [0.2, 0.25) is 0 Å². The lowest BCUT2D eigenvalue weighted by Gasteiger charge is -1.95. The van der Waals surface area contributed by atoms with E-state index in [0.717, 1.165) is 24.7 Å². The van der Waals surface area contributed by atoms with E-state index >= 15 is 0 Å². The molecule has 0 bridgehead atoms. The smallest absolute Gasteiger partial charge is 0.321 e. The molecule has 0 spiro atoms. The van der Waals surface area contributed by atoms with Crippen molar-refractivity contribution in [3.63, 3.8) is 0 Å². The molecule has 0 saturated heterocycles. The Kier molecular flexibility index (Phi) is 1.98. The summed E-state index contributed by atoms with van der Waals surface area (Å²) in [6.07, 6.45) is 3.50. The van der Waals surface area contributed by atoms with Crippen LogP contribution in [0.5, 0.6) is 0 Å². The second kappa shape index (κ2) is 3.13. The van der Waals surface area contributed by atoms with Crippen molar-refractivity contribution in [2.75, 3.05) is 11.9 Å². The molecule has 0 unspecified atom stereocenters. The van der Waals surface area contributed by atoms with Crippen LogP contribution in [0, 0.1) is 5.92 Å². The first-order chi connectivity index (χ1) is 5.88. The molecule has 4 nitrogen and oxygen atoms in total. The molecule has 1 aliphatic carbocycles. The van der Waals surface area contributed by atoms with Crippen LogP contribution in [0.25, 0.3) is 0 Å². The summed E-state index contributed by atoms with van der Waals surface area (Å²) in [5, 5.41) is 6.91. The van der Waals surface area contributed by atoms with Crippen LogP contribution >= 0.6 is 0 Å². The number of anilines is 1. The van der Waals surface area contributed by atoms with Gasteiger partial charge in [0.15, 0.2) is 5.82 Å². The van der Waals surface area contributed by atoms with Crippen LogP contribution in [0.2, 0.25) is 0 Å². The van der Waals surface area contributed by atoms with Gasteiger partial charge in [-0.05, 0) is 18.8 Å². The molecule has 1 N–H and O–H groups in total. The van der Waals surface area contributed by atoms with Crippen LogP contribution in [0.1, 0.15) is 25.6 Å². The lowest BCUT2D eigenvalue weighted by Crippen LogP contribution is -2.03. The number of hydrogen-bond donors (Lipinski definition) is 1. The van der Waals surface area contributed by atoms with E-state index in [1.165, 1.54) is 12.8 Å². The van der Waals surface area contributed by atoms with Gasteiger partial charge < -0.3 is 9.84 Å². The van der Waals surface area contributed by atoms with E-state index in [2.05, 4.69) is 15.5 Å². The molecule has 1 fully saturated rings.